The summed E-state index contributed by atoms with van der Waals surface area (Å²) in [5.74, 6) is 0.173. The zero-order valence-electron chi connectivity index (χ0n) is 11.5. The normalized spacial score (nSPS) is 13.9. The minimum atomic E-state index is -1.07. The van der Waals surface area contributed by atoms with E-state index in [9.17, 15) is 15.2 Å². The fraction of sp³-hybridized carbons (Fsp3) is 0.538. The van der Waals surface area contributed by atoms with Gasteiger partial charge in [0.15, 0.2) is 5.75 Å². The molecule has 0 saturated heterocycles. The number of ether oxygens (including phenoxy) is 1. The monoisotopic (exact) mass is 268 g/mol. The Hall–Kier alpha value is -1.66. The van der Waals surface area contributed by atoms with Crippen molar-refractivity contribution in [3.63, 3.8) is 0 Å². The molecule has 1 unspecified atom stereocenters. The number of hydrogen-bond acceptors (Lipinski definition) is 5. The number of likely N-dealkylation sites (N-methyl/N-ethyl adjacent to an activating group) is 1. The van der Waals surface area contributed by atoms with Crippen molar-refractivity contribution in [2.75, 3.05) is 19.7 Å². The van der Waals surface area contributed by atoms with Crippen LogP contribution >= 0.6 is 0 Å². The molecule has 0 spiro atoms. The highest BCUT2D eigenvalue weighted by molar-refractivity contribution is 5.48. The second-order valence-corrected chi connectivity index (χ2v) is 4.79. The molecule has 0 bridgehead atoms. The minimum absolute atomic E-state index is 0.0100. The van der Waals surface area contributed by atoms with Crippen LogP contribution in [0.2, 0.25) is 0 Å². The molecular formula is C13H20N2O4. The van der Waals surface area contributed by atoms with Gasteiger partial charge in [-0.25, -0.2) is 0 Å². The lowest BCUT2D eigenvalue weighted by Crippen LogP contribution is -2.42. The lowest BCUT2D eigenvalue weighted by atomic mass is 10.1. The van der Waals surface area contributed by atoms with E-state index < -0.39 is 10.5 Å². The number of nitro benzene ring substituents is 1. The minimum Gasteiger partial charge on any atom is -0.484 e. The highest BCUT2D eigenvalue weighted by Crippen LogP contribution is 2.28. The number of aliphatic hydroxyl groups is 1. The molecule has 0 aliphatic carbocycles. The van der Waals surface area contributed by atoms with Crippen LogP contribution in [-0.2, 0) is 0 Å². The molecule has 1 aromatic carbocycles. The summed E-state index contributed by atoms with van der Waals surface area (Å²) < 4.78 is 5.38. The van der Waals surface area contributed by atoms with E-state index >= 15 is 0 Å². The lowest BCUT2D eigenvalue weighted by molar-refractivity contribution is -0.386. The van der Waals surface area contributed by atoms with Crippen LogP contribution in [0.4, 0.5) is 5.69 Å². The summed E-state index contributed by atoms with van der Waals surface area (Å²) in [6.07, 6.45) is 0. The third kappa shape index (κ3) is 4.84. The van der Waals surface area contributed by atoms with Crippen LogP contribution < -0.4 is 10.1 Å². The quantitative estimate of drug-likeness (QED) is 0.580. The molecule has 0 radical (unpaired) electrons. The molecule has 1 rings (SSSR count). The highest BCUT2D eigenvalue weighted by Gasteiger charge is 2.23. The lowest BCUT2D eigenvalue weighted by Gasteiger charge is -2.23. The Bertz CT molecular complexity index is 446. The number of nitrogens with one attached hydrogen (secondary N) is 1. The van der Waals surface area contributed by atoms with Crippen molar-refractivity contribution in [3.05, 3.63) is 33.9 Å². The van der Waals surface area contributed by atoms with Gasteiger partial charge < -0.3 is 15.2 Å². The second kappa shape index (κ2) is 6.49. The molecule has 0 aliphatic heterocycles. The van der Waals surface area contributed by atoms with Crippen LogP contribution in [0.25, 0.3) is 0 Å². The zero-order valence-corrected chi connectivity index (χ0v) is 11.5. The van der Waals surface area contributed by atoms with Gasteiger partial charge in [0, 0.05) is 12.6 Å². The molecule has 19 heavy (non-hydrogen) atoms. The molecule has 0 saturated carbocycles. The molecule has 0 fully saturated rings. The molecule has 0 heterocycles. The fourth-order valence-corrected chi connectivity index (χ4v) is 1.57. The van der Waals surface area contributed by atoms with Crippen molar-refractivity contribution in [2.24, 2.45) is 0 Å². The van der Waals surface area contributed by atoms with Gasteiger partial charge in [-0.3, -0.25) is 10.1 Å². The predicted molar refractivity (Wildman–Crippen MR) is 72.5 cm³/mol. The van der Waals surface area contributed by atoms with Crippen molar-refractivity contribution in [3.8, 4) is 5.75 Å². The van der Waals surface area contributed by atoms with Crippen LogP contribution in [-0.4, -0.2) is 35.3 Å². The van der Waals surface area contributed by atoms with E-state index in [1.807, 2.05) is 6.92 Å². The topological polar surface area (TPSA) is 84.6 Å². The van der Waals surface area contributed by atoms with Gasteiger partial charge >= 0.3 is 5.69 Å². The molecule has 1 aromatic rings. The van der Waals surface area contributed by atoms with Gasteiger partial charge in [-0.2, -0.15) is 0 Å². The average molecular weight is 268 g/mol. The van der Waals surface area contributed by atoms with Crippen molar-refractivity contribution in [1.29, 1.82) is 0 Å². The summed E-state index contributed by atoms with van der Waals surface area (Å²) >= 11 is 0. The van der Waals surface area contributed by atoms with Crippen LogP contribution in [0, 0.1) is 17.0 Å². The maximum Gasteiger partial charge on any atom is 0.311 e. The summed E-state index contributed by atoms with van der Waals surface area (Å²) in [5, 5.41) is 24.0. The number of rotatable bonds is 7. The zero-order chi connectivity index (χ0) is 14.5. The highest BCUT2D eigenvalue weighted by atomic mass is 16.6. The Kier molecular flexibility index (Phi) is 5.26. The van der Waals surface area contributed by atoms with Crippen LogP contribution in [0.3, 0.4) is 0 Å². The van der Waals surface area contributed by atoms with Crippen LogP contribution in [0.15, 0.2) is 18.2 Å². The molecule has 0 amide bonds. The number of nitro groups is 1. The first-order chi connectivity index (χ1) is 8.85. The van der Waals surface area contributed by atoms with Crippen molar-refractivity contribution in [2.45, 2.75) is 26.4 Å². The molecular weight excluding hydrogens is 248 g/mol. The Morgan fingerprint density at radius 1 is 1.53 bits per heavy atom. The van der Waals surface area contributed by atoms with Crippen LogP contribution in [0.5, 0.6) is 5.75 Å². The van der Waals surface area contributed by atoms with E-state index in [0.29, 0.717) is 6.54 Å². The van der Waals surface area contributed by atoms with Gasteiger partial charge in [0.2, 0.25) is 0 Å². The standard InChI is InChI=1S/C13H20N2O4/c1-4-14-8-13(3,16)9-19-12-6-5-10(2)7-11(12)15(17)18/h5-7,14,16H,4,8-9H2,1-3H3. The number of aryl methyl sites for hydroxylation is 1. The maximum atomic E-state index is 10.9. The SMILES string of the molecule is CCNCC(C)(O)COc1ccc(C)cc1[N+](=O)[O-]. The maximum absolute atomic E-state index is 10.9. The van der Waals surface area contributed by atoms with Crippen molar-refractivity contribution in [1.82, 2.24) is 5.32 Å². The smallest absolute Gasteiger partial charge is 0.311 e. The Balaban J connectivity index is 2.75. The Labute approximate surface area is 112 Å². The first kappa shape index (κ1) is 15.4. The molecule has 106 valence electrons. The number of hydrogen-bond donors (Lipinski definition) is 2. The van der Waals surface area contributed by atoms with Crippen molar-refractivity contribution < 1.29 is 14.8 Å². The van der Waals surface area contributed by atoms with Gasteiger partial charge in [-0.1, -0.05) is 13.0 Å². The third-order valence-corrected chi connectivity index (χ3v) is 2.61. The second-order valence-electron chi connectivity index (χ2n) is 4.79. The number of nitrogens with zero attached hydrogens (tertiary/aromatic N) is 1. The first-order valence-electron chi connectivity index (χ1n) is 6.16. The molecule has 0 aromatic heterocycles. The molecule has 2 N–H and O–H groups in total. The largest absolute Gasteiger partial charge is 0.484 e. The number of benzene rings is 1. The molecule has 1 atom stereocenters. The van der Waals surface area contributed by atoms with E-state index in [0.717, 1.165) is 12.1 Å². The molecule has 6 heteroatoms. The van der Waals surface area contributed by atoms with E-state index in [1.54, 1.807) is 26.0 Å². The van der Waals surface area contributed by atoms with Crippen molar-refractivity contribution >= 4 is 5.69 Å². The summed E-state index contributed by atoms with van der Waals surface area (Å²) in [4.78, 5) is 10.4. The third-order valence-electron chi connectivity index (χ3n) is 2.61. The summed E-state index contributed by atoms with van der Waals surface area (Å²) in [6.45, 7) is 6.42. The summed E-state index contributed by atoms with van der Waals surface area (Å²) in [6, 6.07) is 4.74. The van der Waals surface area contributed by atoms with Gasteiger partial charge in [0.05, 0.1) is 4.92 Å². The Morgan fingerprint density at radius 2 is 2.21 bits per heavy atom. The van der Waals surface area contributed by atoms with E-state index in [-0.39, 0.29) is 18.0 Å². The van der Waals surface area contributed by atoms with Gasteiger partial charge in [-0.15, -0.1) is 0 Å². The van der Waals surface area contributed by atoms with E-state index in [1.165, 1.54) is 6.07 Å². The summed E-state index contributed by atoms with van der Waals surface area (Å²) in [5.41, 5.74) is -0.368. The fourth-order valence-electron chi connectivity index (χ4n) is 1.57. The first-order valence-corrected chi connectivity index (χ1v) is 6.16. The van der Waals surface area contributed by atoms with E-state index in [2.05, 4.69) is 5.32 Å². The predicted octanol–water partition coefficient (Wildman–Crippen LogP) is 1.64. The van der Waals surface area contributed by atoms with Crippen LogP contribution in [0.1, 0.15) is 19.4 Å². The van der Waals surface area contributed by atoms with E-state index in [4.69, 9.17) is 4.74 Å². The molecule has 0 aliphatic rings. The Morgan fingerprint density at radius 3 is 2.79 bits per heavy atom. The van der Waals surface area contributed by atoms with Gasteiger partial charge in [0.25, 0.3) is 0 Å². The molecule has 6 nitrogen and oxygen atoms in total. The van der Waals surface area contributed by atoms with Gasteiger partial charge in [-0.05, 0) is 32.0 Å². The average Bonchev–Trinajstić information content (AvgIpc) is 2.35. The summed E-state index contributed by atoms with van der Waals surface area (Å²) in [7, 11) is 0. The van der Waals surface area contributed by atoms with Gasteiger partial charge in [0.1, 0.15) is 12.2 Å².